The van der Waals surface area contributed by atoms with Crippen LogP contribution in [0.5, 0.6) is 5.75 Å². The monoisotopic (exact) mass is 1070 g/mol. The Bertz CT molecular complexity index is 3070. The van der Waals surface area contributed by atoms with Crippen molar-refractivity contribution in [3.63, 3.8) is 0 Å². The summed E-state index contributed by atoms with van der Waals surface area (Å²) in [6.07, 6.45) is -5.29. The fraction of sp³-hybridized carbons (Fsp3) is 0.0189. The smallest absolute Gasteiger partial charge is 0.455 e. The molecular weight excluding hydrogens is 1040 g/mol. The molecule has 0 atom stereocenters. The quantitative estimate of drug-likeness (QED) is 0.0969. The van der Waals surface area contributed by atoms with E-state index in [1.165, 1.54) is 17.4 Å². The predicted octanol–water partition coefficient (Wildman–Crippen LogP) is 11.3. The number of fused-ring (bicyclic) bond motifs is 5. The van der Waals surface area contributed by atoms with Crippen molar-refractivity contribution in [1.82, 2.24) is 0 Å². The largest absolute Gasteiger partial charge is 0.506 e. The number of carbonyl (C=O) groups excluding carboxylic acids is 1. The van der Waals surface area contributed by atoms with E-state index in [-0.39, 0.29) is 60.3 Å². The molecule has 1 radical (unpaired) electrons. The Morgan fingerprint density at radius 3 is 1.14 bits per heavy atom. The summed E-state index contributed by atoms with van der Waals surface area (Å²) in [7, 11) is -5.55. The molecule has 6 nitrogen and oxygen atoms in total. The number of thiophene rings is 1. The molecule has 329 valence electrons. The minimum absolute atomic E-state index is 0. The zero-order valence-electron chi connectivity index (χ0n) is 34.6. The first-order chi connectivity index (χ1) is 31.4. The van der Waals surface area contributed by atoms with Crippen LogP contribution in [0.1, 0.15) is 10.4 Å². The van der Waals surface area contributed by atoms with Gasteiger partial charge in [0, 0.05) is 96.7 Å². The van der Waals surface area contributed by atoms with Crippen molar-refractivity contribution in [2.45, 2.75) is 6.18 Å². The van der Waals surface area contributed by atoms with Gasteiger partial charge in [0.2, 0.25) is 0 Å². The van der Waals surface area contributed by atoms with Gasteiger partial charge in [-0.1, -0.05) is 206 Å². The second-order valence-corrected chi connectivity index (χ2v) is 21.2. The summed E-state index contributed by atoms with van der Waals surface area (Å²) in [5.41, 5.74) is -2.96. The maximum absolute atomic E-state index is 13.8. The van der Waals surface area contributed by atoms with Crippen LogP contribution in [0.3, 0.4) is 0 Å². The Kier molecular flexibility index (Phi) is 15.4. The third-order valence-corrected chi connectivity index (χ3v) is 17.9. The van der Waals surface area contributed by atoms with E-state index in [4.69, 9.17) is 4.42 Å². The van der Waals surface area contributed by atoms with Gasteiger partial charge in [-0.3, -0.25) is 4.79 Å². The van der Waals surface area contributed by atoms with Gasteiger partial charge in [-0.05, 0) is 12.1 Å². The van der Waals surface area contributed by atoms with Crippen molar-refractivity contribution in [3.05, 3.63) is 234 Å². The second-order valence-electron chi connectivity index (χ2n) is 14.6. The van der Waals surface area contributed by atoms with E-state index in [2.05, 4.69) is 0 Å². The molecular formula is C53H37EuF3O6P2S. The van der Waals surface area contributed by atoms with Gasteiger partial charge in [0.1, 0.15) is 5.75 Å². The molecule has 0 bridgehead atoms. The Labute approximate surface area is 422 Å². The molecule has 2 heterocycles. The first-order valence-corrected chi connectivity index (χ1v) is 24.4. The first kappa shape index (κ1) is 48.4. The standard InChI is InChI=1S/2C18H15OP.C17H7F3O4S.Eu/c2*19-20(16-10-4-1-5-11-16,17-12-6-2-7-13-17)18-14-8-3-9-15-18;18-17(19,20)15(22)11-12(21)9-6-5-8-7-3-1-2-4-10(7)25-14(8)13(9)24-16(11)23;/h2*1-15H;1-6,21H;. The summed E-state index contributed by atoms with van der Waals surface area (Å²) in [5.74, 6) is -3.45. The van der Waals surface area contributed by atoms with Crippen LogP contribution in [0.4, 0.5) is 13.2 Å². The van der Waals surface area contributed by atoms with Crippen molar-refractivity contribution in [3.8, 4) is 5.75 Å². The van der Waals surface area contributed by atoms with Crippen LogP contribution in [-0.4, -0.2) is 17.1 Å². The molecule has 0 aliphatic rings. The van der Waals surface area contributed by atoms with E-state index in [9.17, 15) is 37.0 Å². The Morgan fingerprint density at radius 1 is 0.470 bits per heavy atom. The zero-order chi connectivity index (χ0) is 45.6. The molecule has 0 aliphatic heterocycles. The second kappa shape index (κ2) is 21.0. The summed E-state index contributed by atoms with van der Waals surface area (Å²) in [5, 5.41) is 16.9. The number of carbonyl (C=O) groups is 1. The van der Waals surface area contributed by atoms with Gasteiger partial charge in [0.15, 0.2) is 25.4 Å². The fourth-order valence-electron chi connectivity index (χ4n) is 7.49. The Hall–Kier alpha value is -5.51. The van der Waals surface area contributed by atoms with Crippen molar-refractivity contribution >= 4 is 94.4 Å². The number of Topliss-reactive ketones (excluding diaryl/α,β-unsaturated/α-hetero) is 1. The number of hydrogen-bond acceptors (Lipinski definition) is 7. The Balaban J connectivity index is 0.000000148. The van der Waals surface area contributed by atoms with E-state index >= 15 is 0 Å². The molecule has 0 aliphatic carbocycles. The number of rotatable bonds is 7. The van der Waals surface area contributed by atoms with Gasteiger partial charge in [0.25, 0.3) is 5.78 Å². The van der Waals surface area contributed by atoms with Crippen LogP contribution in [0.15, 0.2) is 228 Å². The topological polar surface area (TPSA) is 102 Å². The van der Waals surface area contributed by atoms with Gasteiger partial charge < -0.3 is 18.7 Å². The van der Waals surface area contributed by atoms with Gasteiger partial charge in [-0.15, -0.1) is 11.3 Å². The summed E-state index contributed by atoms with van der Waals surface area (Å²) < 4.78 is 72.0. The molecule has 0 saturated heterocycles. The normalized spacial score (nSPS) is 11.4. The van der Waals surface area contributed by atoms with Gasteiger partial charge in [-0.2, -0.15) is 13.2 Å². The third kappa shape index (κ3) is 9.80. The molecule has 0 fully saturated rings. The fourth-order valence-corrected chi connectivity index (χ4v) is 14.0. The molecule has 0 saturated carbocycles. The summed E-state index contributed by atoms with van der Waals surface area (Å²) >= 11 is 1.28. The average molecular weight is 1070 g/mol. The van der Waals surface area contributed by atoms with E-state index in [0.29, 0.717) is 4.70 Å². The van der Waals surface area contributed by atoms with Gasteiger partial charge in [0.05, 0.1) is 10.1 Å². The molecule has 8 aromatic carbocycles. The van der Waals surface area contributed by atoms with E-state index < -0.39 is 43.2 Å². The molecule has 0 spiro atoms. The number of ketones is 1. The molecule has 0 amide bonds. The van der Waals surface area contributed by atoms with E-state index in [0.717, 1.165) is 47.3 Å². The third-order valence-electron chi connectivity index (χ3n) is 10.6. The molecule has 13 heteroatoms. The van der Waals surface area contributed by atoms with Crippen molar-refractivity contribution in [2.75, 3.05) is 0 Å². The maximum atomic E-state index is 13.8. The molecule has 10 aromatic rings. The van der Waals surface area contributed by atoms with Crippen LogP contribution in [0.25, 0.3) is 31.1 Å². The zero-order valence-corrected chi connectivity index (χ0v) is 39.6. The number of halogens is 3. The number of benzene rings is 8. The van der Waals surface area contributed by atoms with Crippen molar-refractivity contribution < 1.29 is 86.0 Å². The SMILES string of the molecule is O=C(c1c(O)c2ccc3c4ccccc4sc3c2oc1=O)C(F)(F)F.O=P(c1ccccc1)(c1ccccc1)c1ccccc1.O=P(c1ccccc1)(c1ccccc1)c1ccccc1.[Eu]. The average Bonchev–Trinajstić information content (AvgIpc) is 3.75. The van der Waals surface area contributed by atoms with Crippen LogP contribution >= 0.6 is 25.6 Å². The molecule has 1 N–H and O–H groups in total. The minimum atomic E-state index is -5.29. The van der Waals surface area contributed by atoms with Crippen LogP contribution in [0.2, 0.25) is 0 Å². The summed E-state index contributed by atoms with van der Waals surface area (Å²) in [4.78, 5) is 23.4. The van der Waals surface area contributed by atoms with Crippen molar-refractivity contribution in [1.29, 1.82) is 0 Å². The Morgan fingerprint density at radius 2 is 0.788 bits per heavy atom. The van der Waals surface area contributed by atoms with Gasteiger partial charge >= 0.3 is 11.8 Å². The van der Waals surface area contributed by atoms with Crippen LogP contribution in [-0.2, 0) is 9.13 Å². The molecule has 2 aromatic heterocycles. The van der Waals surface area contributed by atoms with Crippen LogP contribution < -0.4 is 37.5 Å². The number of aromatic hydroxyl groups is 1. The summed E-state index contributed by atoms with van der Waals surface area (Å²) in [6.45, 7) is 0. The van der Waals surface area contributed by atoms with Crippen molar-refractivity contribution in [2.24, 2.45) is 0 Å². The van der Waals surface area contributed by atoms with E-state index in [1.807, 2.05) is 206 Å². The van der Waals surface area contributed by atoms with E-state index in [1.54, 1.807) is 6.07 Å². The summed E-state index contributed by atoms with van der Waals surface area (Å²) in [6, 6.07) is 68.6. The number of hydrogen-bond donors (Lipinski definition) is 1. The first-order valence-electron chi connectivity index (χ1n) is 20.2. The molecule has 10 rings (SSSR count). The minimum Gasteiger partial charge on any atom is -0.506 e. The van der Waals surface area contributed by atoms with Crippen LogP contribution in [0, 0.1) is 49.4 Å². The number of alkyl halides is 3. The molecule has 66 heavy (non-hydrogen) atoms. The maximum Gasteiger partial charge on any atom is 0.455 e. The molecule has 0 unspecified atom stereocenters. The predicted molar refractivity (Wildman–Crippen MR) is 259 cm³/mol. The van der Waals surface area contributed by atoms with Gasteiger partial charge in [-0.25, -0.2) is 4.79 Å².